The number of benzene rings is 1. The zero-order chi connectivity index (χ0) is 16.1. The molecule has 1 heterocycles. The number of aromatic nitrogens is 3. The van der Waals surface area contributed by atoms with Gasteiger partial charge in [0.15, 0.2) is 5.82 Å². The number of non-ortho nitro benzene ring substituents is 1. The molecule has 0 radical (unpaired) electrons. The number of amides is 1. The van der Waals surface area contributed by atoms with Crippen LogP contribution in [0.25, 0.3) is 0 Å². The van der Waals surface area contributed by atoms with Crippen LogP contribution in [0.2, 0.25) is 0 Å². The average molecular weight is 322 g/mol. The van der Waals surface area contributed by atoms with E-state index in [1.165, 1.54) is 22.9 Å². The molecule has 9 nitrogen and oxygen atoms in total. The summed E-state index contributed by atoms with van der Waals surface area (Å²) in [5, 5.41) is 21.5. The van der Waals surface area contributed by atoms with Gasteiger partial charge < -0.3 is 11.2 Å². The van der Waals surface area contributed by atoms with E-state index in [0.29, 0.717) is 23.1 Å². The van der Waals surface area contributed by atoms with E-state index in [-0.39, 0.29) is 17.3 Å². The molecule has 10 heteroatoms. The molecule has 2 rings (SSSR count). The van der Waals surface area contributed by atoms with E-state index in [1.54, 1.807) is 6.07 Å². The minimum absolute atomic E-state index is 0.0712. The predicted molar refractivity (Wildman–Crippen MR) is 82.0 cm³/mol. The topological polar surface area (TPSA) is 129 Å². The lowest BCUT2D eigenvalue weighted by atomic mass is 10.3. The number of nitro groups is 1. The molecule has 1 amide bonds. The van der Waals surface area contributed by atoms with Gasteiger partial charge in [0.2, 0.25) is 11.1 Å². The van der Waals surface area contributed by atoms with Gasteiger partial charge in [-0.3, -0.25) is 14.9 Å². The van der Waals surface area contributed by atoms with Gasteiger partial charge in [-0.1, -0.05) is 24.8 Å². The van der Waals surface area contributed by atoms with Crippen LogP contribution < -0.4 is 11.2 Å². The number of nitrogens with two attached hydrogens (primary N) is 1. The average Bonchev–Trinajstić information content (AvgIpc) is 2.85. The van der Waals surface area contributed by atoms with Crippen molar-refractivity contribution in [1.82, 2.24) is 14.9 Å². The first-order chi connectivity index (χ1) is 10.5. The van der Waals surface area contributed by atoms with Crippen molar-refractivity contribution in [2.24, 2.45) is 0 Å². The fourth-order valence-corrected chi connectivity index (χ4v) is 2.35. The molecule has 3 N–H and O–H groups in total. The summed E-state index contributed by atoms with van der Waals surface area (Å²) in [6, 6.07) is 5.73. The van der Waals surface area contributed by atoms with E-state index in [1.807, 2.05) is 6.92 Å². The lowest BCUT2D eigenvalue weighted by molar-refractivity contribution is -0.384. The number of rotatable bonds is 6. The van der Waals surface area contributed by atoms with Crippen LogP contribution in [0, 0.1) is 10.1 Å². The number of hydrogen-bond acceptors (Lipinski definition) is 7. The molecular formula is C12H14N6O3S. The van der Waals surface area contributed by atoms with Crippen LogP contribution in [-0.2, 0) is 11.2 Å². The third kappa shape index (κ3) is 3.73. The first-order valence-corrected chi connectivity index (χ1v) is 7.36. The summed E-state index contributed by atoms with van der Waals surface area (Å²) in [7, 11) is 0. The Labute approximate surface area is 130 Å². The molecule has 0 aliphatic rings. The van der Waals surface area contributed by atoms with Gasteiger partial charge in [-0.15, -0.1) is 10.2 Å². The first-order valence-electron chi connectivity index (χ1n) is 6.37. The molecule has 1 aromatic heterocycles. The maximum Gasteiger partial charge on any atom is 0.271 e. The second kappa shape index (κ2) is 6.89. The molecule has 22 heavy (non-hydrogen) atoms. The Hall–Kier alpha value is -2.62. The lowest BCUT2D eigenvalue weighted by Gasteiger charge is -2.05. The SMILES string of the molecule is CCc1nnc(SCC(=O)Nc2cccc([N+](=O)[O-])c2)n1N. The Kier molecular flexibility index (Phi) is 4.94. The largest absolute Gasteiger partial charge is 0.336 e. The summed E-state index contributed by atoms with van der Waals surface area (Å²) in [5.74, 6) is 6.15. The highest BCUT2D eigenvalue weighted by Crippen LogP contribution is 2.18. The standard InChI is InChI=1S/C12H14N6O3S/c1-2-10-15-16-12(17(10)13)22-7-11(19)14-8-4-3-5-9(6-8)18(20)21/h3-6H,2,7,13H2,1H3,(H,14,19). The minimum atomic E-state index is -0.520. The quantitative estimate of drug-likeness (QED) is 0.354. The maximum absolute atomic E-state index is 11.9. The van der Waals surface area contributed by atoms with Crippen molar-refractivity contribution < 1.29 is 9.72 Å². The van der Waals surface area contributed by atoms with Gasteiger partial charge in [0.1, 0.15) is 0 Å². The second-order valence-corrected chi connectivity index (χ2v) is 5.21. The third-order valence-corrected chi connectivity index (χ3v) is 3.67. The monoisotopic (exact) mass is 322 g/mol. The summed E-state index contributed by atoms with van der Waals surface area (Å²) < 4.78 is 1.34. The molecule has 0 unspecified atom stereocenters. The molecule has 0 aliphatic heterocycles. The molecule has 0 atom stereocenters. The fourth-order valence-electron chi connectivity index (χ4n) is 1.67. The van der Waals surface area contributed by atoms with Crippen molar-refractivity contribution in [3.05, 3.63) is 40.2 Å². The van der Waals surface area contributed by atoms with Crippen LogP contribution in [0.1, 0.15) is 12.7 Å². The number of nitrogen functional groups attached to an aromatic ring is 1. The van der Waals surface area contributed by atoms with E-state index < -0.39 is 4.92 Å². The third-order valence-electron chi connectivity index (χ3n) is 2.72. The summed E-state index contributed by atoms with van der Waals surface area (Å²) in [6.45, 7) is 1.90. The first kappa shape index (κ1) is 15.8. The number of aryl methyl sites for hydroxylation is 1. The highest BCUT2D eigenvalue weighted by molar-refractivity contribution is 7.99. The Morgan fingerprint density at radius 2 is 2.27 bits per heavy atom. The smallest absolute Gasteiger partial charge is 0.271 e. The van der Waals surface area contributed by atoms with Gasteiger partial charge in [0.25, 0.3) is 5.69 Å². The summed E-state index contributed by atoms with van der Waals surface area (Å²) in [5.41, 5.74) is 0.281. The number of nitrogens with one attached hydrogen (secondary N) is 1. The summed E-state index contributed by atoms with van der Waals surface area (Å²) in [6.07, 6.45) is 0.643. The molecule has 1 aromatic carbocycles. The van der Waals surface area contributed by atoms with Crippen LogP contribution in [0.5, 0.6) is 0 Å². The van der Waals surface area contributed by atoms with Crippen molar-refractivity contribution in [2.45, 2.75) is 18.5 Å². The lowest BCUT2D eigenvalue weighted by Crippen LogP contribution is -2.17. The van der Waals surface area contributed by atoms with Crippen LogP contribution in [-0.4, -0.2) is 31.5 Å². The Balaban J connectivity index is 1.94. The molecule has 0 bridgehead atoms. The Morgan fingerprint density at radius 1 is 1.50 bits per heavy atom. The number of anilines is 1. The van der Waals surface area contributed by atoms with Gasteiger partial charge in [0, 0.05) is 24.2 Å². The normalized spacial score (nSPS) is 10.4. The number of nitro benzene ring substituents is 1. The number of carbonyl (C=O) groups excluding carboxylic acids is 1. The summed E-state index contributed by atoms with van der Waals surface area (Å²) >= 11 is 1.14. The van der Waals surface area contributed by atoms with Gasteiger partial charge in [0.05, 0.1) is 10.7 Å². The zero-order valence-corrected chi connectivity index (χ0v) is 12.5. The number of nitrogens with zero attached hydrogens (tertiary/aromatic N) is 4. The van der Waals surface area contributed by atoms with E-state index in [2.05, 4.69) is 15.5 Å². The van der Waals surface area contributed by atoms with E-state index in [0.717, 1.165) is 11.8 Å². The van der Waals surface area contributed by atoms with Gasteiger partial charge in [-0.2, -0.15) is 0 Å². The Bertz CT molecular complexity index is 702. The van der Waals surface area contributed by atoms with Gasteiger partial charge in [-0.25, -0.2) is 4.68 Å². The molecule has 2 aromatic rings. The summed E-state index contributed by atoms with van der Waals surface area (Å²) in [4.78, 5) is 22.0. The van der Waals surface area contributed by atoms with Crippen molar-refractivity contribution in [3.63, 3.8) is 0 Å². The van der Waals surface area contributed by atoms with Crippen LogP contribution in [0.4, 0.5) is 11.4 Å². The Morgan fingerprint density at radius 3 is 2.91 bits per heavy atom. The van der Waals surface area contributed by atoms with Crippen molar-refractivity contribution >= 4 is 29.0 Å². The van der Waals surface area contributed by atoms with Crippen molar-refractivity contribution in [2.75, 3.05) is 16.9 Å². The molecule has 0 spiro atoms. The zero-order valence-electron chi connectivity index (χ0n) is 11.7. The highest BCUT2D eigenvalue weighted by Gasteiger charge is 2.12. The molecular weight excluding hydrogens is 308 g/mol. The molecule has 0 saturated heterocycles. The molecule has 0 fully saturated rings. The molecule has 0 saturated carbocycles. The fraction of sp³-hybridized carbons (Fsp3) is 0.250. The van der Waals surface area contributed by atoms with Crippen molar-refractivity contribution in [1.29, 1.82) is 0 Å². The second-order valence-electron chi connectivity index (χ2n) is 4.27. The predicted octanol–water partition coefficient (Wildman–Crippen LogP) is 1.19. The van der Waals surface area contributed by atoms with Crippen LogP contribution in [0.15, 0.2) is 29.4 Å². The van der Waals surface area contributed by atoms with E-state index >= 15 is 0 Å². The minimum Gasteiger partial charge on any atom is -0.336 e. The number of carbonyl (C=O) groups is 1. The van der Waals surface area contributed by atoms with Gasteiger partial charge in [-0.05, 0) is 6.07 Å². The van der Waals surface area contributed by atoms with E-state index in [4.69, 9.17) is 5.84 Å². The molecule has 0 aliphatic carbocycles. The number of hydrogen-bond donors (Lipinski definition) is 2. The van der Waals surface area contributed by atoms with Crippen LogP contribution in [0.3, 0.4) is 0 Å². The van der Waals surface area contributed by atoms with E-state index in [9.17, 15) is 14.9 Å². The molecule has 116 valence electrons. The van der Waals surface area contributed by atoms with Gasteiger partial charge >= 0.3 is 0 Å². The maximum atomic E-state index is 11.9. The van der Waals surface area contributed by atoms with Crippen LogP contribution >= 0.6 is 11.8 Å². The highest BCUT2D eigenvalue weighted by atomic mass is 32.2. The number of thioether (sulfide) groups is 1. The van der Waals surface area contributed by atoms with Crippen molar-refractivity contribution in [3.8, 4) is 0 Å².